The third-order valence-corrected chi connectivity index (χ3v) is 4.54. The van der Waals surface area contributed by atoms with E-state index in [9.17, 15) is 9.59 Å². The molecule has 2 rings (SSSR count). The number of thiazole rings is 1. The van der Waals surface area contributed by atoms with Crippen molar-refractivity contribution in [2.75, 3.05) is 6.54 Å². The molecule has 0 aromatic carbocycles. The van der Waals surface area contributed by atoms with Gasteiger partial charge < -0.3 is 10.4 Å². The molecule has 5 nitrogen and oxygen atoms in total. The molecule has 0 saturated heterocycles. The van der Waals surface area contributed by atoms with Gasteiger partial charge in [-0.05, 0) is 23.8 Å². The molecule has 0 aliphatic heterocycles. The Kier molecular flexibility index (Phi) is 5.46. The summed E-state index contributed by atoms with van der Waals surface area (Å²) < 4.78 is 0. The van der Waals surface area contributed by atoms with Gasteiger partial charge in [-0.15, -0.1) is 11.3 Å². The predicted octanol–water partition coefficient (Wildman–Crippen LogP) is 3.10. The highest BCUT2D eigenvalue weighted by Crippen LogP contribution is 2.25. The number of rotatable bonds is 7. The summed E-state index contributed by atoms with van der Waals surface area (Å²) in [5.41, 5.74) is 1.44. The van der Waals surface area contributed by atoms with Crippen LogP contribution in [0.3, 0.4) is 0 Å². The van der Waals surface area contributed by atoms with Gasteiger partial charge in [0.05, 0.1) is 0 Å². The van der Waals surface area contributed by atoms with Gasteiger partial charge in [-0.2, -0.15) is 11.3 Å². The van der Waals surface area contributed by atoms with Crippen molar-refractivity contribution in [3.8, 4) is 10.6 Å². The molecule has 2 aromatic heterocycles. The zero-order valence-electron chi connectivity index (χ0n) is 11.5. The number of nitrogens with one attached hydrogen (secondary N) is 1. The molecule has 0 radical (unpaired) electrons. The van der Waals surface area contributed by atoms with Crippen LogP contribution in [0, 0.1) is 5.92 Å². The number of carboxylic acid groups (broad SMARTS) is 1. The Labute approximate surface area is 130 Å². The summed E-state index contributed by atoms with van der Waals surface area (Å²) in [6, 6.07) is 1.97. The Balaban J connectivity index is 1.85. The maximum absolute atomic E-state index is 12.0. The van der Waals surface area contributed by atoms with Crippen LogP contribution in [0.5, 0.6) is 0 Å². The van der Waals surface area contributed by atoms with E-state index in [0.29, 0.717) is 18.7 Å². The molecule has 0 aliphatic rings. The summed E-state index contributed by atoms with van der Waals surface area (Å²) >= 11 is 3.03. The van der Waals surface area contributed by atoms with E-state index in [4.69, 9.17) is 5.11 Å². The third-order valence-electron chi connectivity index (χ3n) is 2.97. The van der Waals surface area contributed by atoms with E-state index in [1.807, 2.05) is 23.8 Å². The van der Waals surface area contributed by atoms with E-state index >= 15 is 0 Å². The van der Waals surface area contributed by atoms with Gasteiger partial charge in [-0.1, -0.05) is 6.92 Å². The highest BCUT2D eigenvalue weighted by Gasteiger charge is 2.13. The molecule has 0 fully saturated rings. The smallest absolute Gasteiger partial charge is 0.303 e. The molecule has 1 atom stereocenters. The molecule has 0 spiro atoms. The normalized spacial score (nSPS) is 12.0. The first-order valence-electron chi connectivity index (χ1n) is 6.54. The second-order valence-electron chi connectivity index (χ2n) is 4.80. The largest absolute Gasteiger partial charge is 0.481 e. The molecule has 0 saturated carbocycles. The maximum atomic E-state index is 12.0. The Morgan fingerprint density at radius 3 is 2.90 bits per heavy atom. The number of aliphatic carboxylic acids is 1. The SMILES string of the molecule is CC(CCC(=O)O)CNC(=O)c1csc(-c2ccsc2)n1. The van der Waals surface area contributed by atoms with Crippen molar-refractivity contribution in [2.24, 2.45) is 5.92 Å². The van der Waals surface area contributed by atoms with E-state index in [1.165, 1.54) is 11.3 Å². The van der Waals surface area contributed by atoms with Gasteiger partial charge in [0.15, 0.2) is 0 Å². The molecule has 112 valence electrons. The number of carbonyl (C=O) groups is 2. The van der Waals surface area contributed by atoms with Crippen molar-refractivity contribution in [3.05, 3.63) is 27.9 Å². The molecule has 7 heteroatoms. The summed E-state index contributed by atoms with van der Waals surface area (Å²) in [5.74, 6) is -0.900. The van der Waals surface area contributed by atoms with Crippen LogP contribution >= 0.6 is 22.7 Å². The van der Waals surface area contributed by atoms with Crippen LogP contribution in [-0.4, -0.2) is 28.5 Å². The van der Waals surface area contributed by atoms with Gasteiger partial charge in [-0.3, -0.25) is 9.59 Å². The number of amides is 1. The molecule has 1 amide bonds. The van der Waals surface area contributed by atoms with E-state index in [1.54, 1.807) is 16.7 Å². The maximum Gasteiger partial charge on any atom is 0.303 e. The number of aromatic nitrogens is 1. The lowest BCUT2D eigenvalue weighted by Gasteiger charge is -2.10. The minimum Gasteiger partial charge on any atom is -0.481 e. The number of hydrogen-bond donors (Lipinski definition) is 2. The lowest BCUT2D eigenvalue weighted by molar-refractivity contribution is -0.137. The fraction of sp³-hybridized carbons (Fsp3) is 0.357. The van der Waals surface area contributed by atoms with E-state index in [0.717, 1.165) is 10.6 Å². The first kappa shape index (κ1) is 15.7. The van der Waals surface area contributed by atoms with E-state index < -0.39 is 5.97 Å². The minimum absolute atomic E-state index is 0.121. The second-order valence-corrected chi connectivity index (χ2v) is 6.44. The molecule has 1 unspecified atom stereocenters. The Morgan fingerprint density at radius 1 is 1.43 bits per heavy atom. The summed E-state index contributed by atoms with van der Waals surface area (Å²) in [5, 5.41) is 18.0. The van der Waals surface area contributed by atoms with E-state index in [2.05, 4.69) is 10.3 Å². The summed E-state index contributed by atoms with van der Waals surface area (Å²) in [6.07, 6.45) is 0.670. The Morgan fingerprint density at radius 2 is 2.24 bits per heavy atom. The van der Waals surface area contributed by atoms with Crippen LogP contribution in [0.1, 0.15) is 30.3 Å². The average Bonchev–Trinajstić information content (AvgIpc) is 3.11. The monoisotopic (exact) mass is 324 g/mol. The highest BCUT2D eigenvalue weighted by atomic mass is 32.1. The summed E-state index contributed by atoms with van der Waals surface area (Å²) in [4.78, 5) is 26.8. The van der Waals surface area contributed by atoms with Crippen molar-refractivity contribution in [1.29, 1.82) is 0 Å². The number of carboxylic acids is 1. The van der Waals surface area contributed by atoms with Crippen LogP contribution in [0.15, 0.2) is 22.2 Å². The van der Waals surface area contributed by atoms with Crippen molar-refractivity contribution < 1.29 is 14.7 Å². The lowest BCUT2D eigenvalue weighted by atomic mass is 10.1. The van der Waals surface area contributed by atoms with Crippen molar-refractivity contribution in [2.45, 2.75) is 19.8 Å². The van der Waals surface area contributed by atoms with Crippen LogP contribution in [0.25, 0.3) is 10.6 Å². The van der Waals surface area contributed by atoms with Gasteiger partial charge in [0, 0.05) is 29.3 Å². The van der Waals surface area contributed by atoms with Gasteiger partial charge >= 0.3 is 5.97 Å². The first-order chi connectivity index (χ1) is 10.1. The third kappa shape index (κ3) is 4.64. The zero-order chi connectivity index (χ0) is 15.2. The number of carbonyl (C=O) groups excluding carboxylic acids is 1. The molecule has 2 N–H and O–H groups in total. The van der Waals surface area contributed by atoms with Crippen molar-refractivity contribution in [1.82, 2.24) is 10.3 Å². The molecule has 21 heavy (non-hydrogen) atoms. The lowest BCUT2D eigenvalue weighted by Crippen LogP contribution is -2.28. The quantitative estimate of drug-likeness (QED) is 0.820. The van der Waals surface area contributed by atoms with Gasteiger partial charge in [0.1, 0.15) is 10.7 Å². The Bertz CT molecular complexity index is 608. The number of nitrogens with zero attached hydrogens (tertiary/aromatic N) is 1. The molecular weight excluding hydrogens is 308 g/mol. The average molecular weight is 324 g/mol. The molecule has 2 aromatic rings. The van der Waals surface area contributed by atoms with Gasteiger partial charge in [-0.25, -0.2) is 4.98 Å². The molecular formula is C14H16N2O3S2. The van der Waals surface area contributed by atoms with Crippen LogP contribution in [0.4, 0.5) is 0 Å². The highest BCUT2D eigenvalue weighted by molar-refractivity contribution is 7.14. The van der Waals surface area contributed by atoms with Crippen molar-refractivity contribution >= 4 is 34.6 Å². The summed E-state index contributed by atoms with van der Waals surface area (Å²) in [7, 11) is 0. The molecule has 0 bridgehead atoms. The van der Waals surface area contributed by atoms with Gasteiger partial charge in [0.2, 0.25) is 0 Å². The second kappa shape index (κ2) is 7.33. The summed E-state index contributed by atoms with van der Waals surface area (Å²) in [6.45, 7) is 2.37. The number of thiophene rings is 1. The fourth-order valence-corrected chi connectivity index (χ4v) is 3.24. The van der Waals surface area contributed by atoms with Crippen LogP contribution in [-0.2, 0) is 4.79 Å². The Hall–Kier alpha value is -1.73. The molecule has 2 heterocycles. The first-order valence-corrected chi connectivity index (χ1v) is 8.36. The minimum atomic E-state index is -0.812. The van der Waals surface area contributed by atoms with E-state index in [-0.39, 0.29) is 18.2 Å². The fourth-order valence-electron chi connectivity index (χ4n) is 1.73. The van der Waals surface area contributed by atoms with Crippen LogP contribution < -0.4 is 5.32 Å². The topological polar surface area (TPSA) is 79.3 Å². The standard InChI is InChI=1S/C14H16N2O3S2/c1-9(2-3-12(17)18)6-15-13(19)11-8-21-14(16-11)10-4-5-20-7-10/h4-5,7-9H,2-3,6H2,1H3,(H,15,19)(H,17,18). The zero-order valence-corrected chi connectivity index (χ0v) is 13.2. The van der Waals surface area contributed by atoms with Gasteiger partial charge in [0.25, 0.3) is 5.91 Å². The predicted molar refractivity (Wildman–Crippen MR) is 83.8 cm³/mol. The molecule has 0 aliphatic carbocycles. The van der Waals surface area contributed by atoms with Crippen LogP contribution in [0.2, 0.25) is 0 Å². The van der Waals surface area contributed by atoms with Crippen molar-refractivity contribution in [3.63, 3.8) is 0 Å². The number of hydrogen-bond acceptors (Lipinski definition) is 5.